The first-order valence-electron chi connectivity index (χ1n) is 11.2. The molecule has 172 valence electrons. The molecule has 0 saturated heterocycles. The molecule has 8 heteroatoms. The predicted molar refractivity (Wildman–Crippen MR) is 125 cm³/mol. The Hall–Kier alpha value is -3.80. The van der Waals surface area contributed by atoms with E-state index in [1.807, 2.05) is 43.3 Å². The number of rotatable bonds is 5. The molecule has 5 rings (SSSR count). The van der Waals surface area contributed by atoms with Crippen LogP contribution in [0.2, 0.25) is 0 Å². The number of ether oxygens (including phenoxy) is 1. The van der Waals surface area contributed by atoms with Crippen molar-refractivity contribution >= 4 is 17.6 Å². The van der Waals surface area contributed by atoms with Crippen LogP contribution in [0.4, 0.5) is 11.6 Å². The van der Waals surface area contributed by atoms with Crippen LogP contribution >= 0.6 is 0 Å². The van der Waals surface area contributed by atoms with Gasteiger partial charge in [-0.05, 0) is 48.4 Å². The summed E-state index contributed by atoms with van der Waals surface area (Å²) in [6, 6.07) is 13.1. The van der Waals surface area contributed by atoms with Gasteiger partial charge in [-0.25, -0.2) is 14.8 Å². The summed E-state index contributed by atoms with van der Waals surface area (Å²) in [5.41, 5.74) is 6.84. The number of nitrogens with zero attached hydrogens (tertiary/aromatic N) is 5. The fourth-order valence-electron chi connectivity index (χ4n) is 4.60. The van der Waals surface area contributed by atoms with Gasteiger partial charge in [0.25, 0.3) is 0 Å². The van der Waals surface area contributed by atoms with Gasteiger partial charge in [0.15, 0.2) is 0 Å². The van der Waals surface area contributed by atoms with Gasteiger partial charge in [-0.1, -0.05) is 6.07 Å². The number of carbonyl (C=O) groups is 1. The average molecular weight is 456 g/mol. The predicted octanol–water partition coefficient (Wildman–Crippen LogP) is 3.19. The zero-order valence-electron chi connectivity index (χ0n) is 19.2. The summed E-state index contributed by atoms with van der Waals surface area (Å²) < 4.78 is 5.06. The number of nitriles is 1. The molecule has 3 heterocycles. The normalized spacial score (nSPS) is 15.8. The fraction of sp³-hybridized carbons (Fsp3) is 0.308. The lowest BCUT2D eigenvalue weighted by molar-refractivity contribution is 0.0535. The lowest BCUT2D eigenvalue weighted by Gasteiger charge is -2.30. The summed E-state index contributed by atoms with van der Waals surface area (Å²) in [5.74, 6) is 0.318. The Labute approximate surface area is 198 Å². The van der Waals surface area contributed by atoms with Crippen molar-refractivity contribution in [2.75, 3.05) is 25.0 Å². The monoisotopic (exact) mass is 455 g/mol. The summed E-state index contributed by atoms with van der Waals surface area (Å²) in [5, 5.41) is 19.9. The van der Waals surface area contributed by atoms with E-state index in [0.717, 1.165) is 46.6 Å². The number of fused-ring (bicyclic) bond motifs is 2. The Kier molecular flexibility index (Phi) is 5.74. The molecule has 0 fully saturated rings. The van der Waals surface area contributed by atoms with E-state index in [1.54, 1.807) is 18.2 Å². The van der Waals surface area contributed by atoms with Crippen LogP contribution in [0.3, 0.4) is 0 Å². The summed E-state index contributed by atoms with van der Waals surface area (Å²) >= 11 is 0. The third-order valence-electron chi connectivity index (χ3n) is 6.51. The zero-order chi connectivity index (χ0) is 23.8. The van der Waals surface area contributed by atoms with Crippen LogP contribution in [-0.4, -0.2) is 46.1 Å². The molecule has 1 atom stereocenters. The lowest BCUT2D eigenvalue weighted by atomic mass is 10.0. The summed E-state index contributed by atoms with van der Waals surface area (Å²) in [7, 11) is 1.93. The first kappa shape index (κ1) is 22.0. The van der Waals surface area contributed by atoms with Crippen LogP contribution in [-0.2, 0) is 24.3 Å². The van der Waals surface area contributed by atoms with Crippen molar-refractivity contribution in [2.45, 2.75) is 32.6 Å². The number of anilines is 2. The van der Waals surface area contributed by atoms with Gasteiger partial charge in [0.2, 0.25) is 5.95 Å². The Morgan fingerprint density at radius 3 is 2.91 bits per heavy atom. The number of aryl methyl sites for hydroxylation is 1. The molecule has 0 amide bonds. The number of carbonyl (C=O) groups excluding carboxylic acids is 1. The third kappa shape index (κ3) is 4.12. The van der Waals surface area contributed by atoms with Crippen molar-refractivity contribution in [3.8, 4) is 6.07 Å². The molecule has 0 saturated carbocycles. The van der Waals surface area contributed by atoms with E-state index in [9.17, 15) is 9.90 Å². The number of esters is 1. The van der Waals surface area contributed by atoms with Crippen molar-refractivity contribution in [3.63, 3.8) is 0 Å². The number of cyclic esters (lactones) is 1. The molecule has 0 aliphatic carbocycles. The highest BCUT2D eigenvalue weighted by molar-refractivity contribution is 5.93. The molecular formula is C26H25N5O3. The second-order valence-corrected chi connectivity index (χ2v) is 8.81. The third-order valence-corrected chi connectivity index (χ3v) is 6.51. The van der Waals surface area contributed by atoms with Crippen molar-refractivity contribution in [1.82, 2.24) is 14.9 Å². The molecule has 2 aliphatic rings. The Morgan fingerprint density at radius 1 is 1.26 bits per heavy atom. The van der Waals surface area contributed by atoms with E-state index in [1.165, 1.54) is 0 Å². The van der Waals surface area contributed by atoms with Crippen molar-refractivity contribution in [2.24, 2.45) is 0 Å². The SMILES string of the molecule is Cc1cc(C#N)ccc1N(C)c1ncc2c(n1)CCN(CC(O)c1ccc3c(c1)COC3=O)C2. The molecule has 1 aromatic heterocycles. The Bertz CT molecular complexity index is 1320. The minimum atomic E-state index is -0.659. The molecule has 0 bridgehead atoms. The first-order chi connectivity index (χ1) is 16.4. The maximum Gasteiger partial charge on any atom is 0.338 e. The fourth-order valence-corrected chi connectivity index (χ4v) is 4.60. The average Bonchev–Trinajstić information content (AvgIpc) is 3.23. The highest BCUT2D eigenvalue weighted by Gasteiger charge is 2.25. The minimum Gasteiger partial charge on any atom is -0.457 e. The number of aliphatic hydroxyl groups excluding tert-OH is 1. The Balaban J connectivity index is 1.27. The number of aliphatic hydroxyl groups is 1. The number of aromatic nitrogens is 2. The second kappa shape index (κ2) is 8.86. The Morgan fingerprint density at radius 2 is 2.12 bits per heavy atom. The minimum absolute atomic E-state index is 0.266. The smallest absolute Gasteiger partial charge is 0.338 e. The number of benzene rings is 2. The molecule has 2 aliphatic heterocycles. The highest BCUT2D eigenvalue weighted by atomic mass is 16.5. The molecular weight excluding hydrogens is 430 g/mol. The van der Waals surface area contributed by atoms with Gasteiger partial charge >= 0.3 is 5.97 Å². The van der Waals surface area contributed by atoms with Gasteiger partial charge < -0.3 is 14.7 Å². The first-order valence-corrected chi connectivity index (χ1v) is 11.2. The van der Waals surface area contributed by atoms with Gasteiger partial charge in [-0.2, -0.15) is 5.26 Å². The molecule has 1 unspecified atom stereocenters. The van der Waals surface area contributed by atoms with Gasteiger partial charge in [-0.3, -0.25) is 4.90 Å². The molecule has 0 radical (unpaired) electrons. The molecule has 2 aromatic carbocycles. The van der Waals surface area contributed by atoms with Crippen molar-refractivity contribution < 1.29 is 14.6 Å². The van der Waals surface area contributed by atoms with Crippen LogP contribution in [0.25, 0.3) is 0 Å². The van der Waals surface area contributed by atoms with Crippen LogP contribution in [0, 0.1) is 18.3 Å². The molecule has 8 nitrogen and oxygen atoms in total. The highest BCUT2D eigenvalue weighted by Crippen LogP contribution is 2.28. The van der Waals surface area contributed by atoms with E-state index in [2.05, 4.69) is 16.0 Å². The van der Waals surface area contributed by atoms with Crippen LogP contribution in [0.1, 0.15) is 50.0 Å². The summed E-state index contributed by atoms with van der Waals surface area (Å²) in [4.78, 5) is 25.2. The molecule has 3 aromatic rings. The topological polar surface area (TPSA) is 103 Å². The van der Waals surface area contributed by atoms with E-state index in [-0.39, 0.29) is 12.6 Å². The maximum atomic E-state index is 11.7. The summed E-state index contributed by atoms with van der Waals surface area (Å²) in [6.45, 7) is 4.17. The number of β-amino-alcohol motifs (C(OH)–C–C–N with tert-alkyl or cyclic N) is 1. The number of hydrogen-bond donors (Lipinski definition) is 1. The van der Waals surface area contributed by atoms with Gasteiger partial charge in [0.05, 0.1) is 29.0 Å². The zero-order valence-corrected chi connectivity index (χ0v) is 19.2. The van der Waals surface area contributed by atoms with Crippen molar-refractivity contribution in [3.05, 3.63) is 81.7 Å². The van der Waals surface area contributed by atoms with Crippen LogP contribution < -0.4 is 4.90 Å². The van der Waals surface area contributed by atoms with Gasteiger partial charge in [0, 0.05) is 56.1 Å². The molecule has 34 heavy (non-hydrogen) atoms. The van der Waals surface area contributed by atoms with Gasteiger partial charge in [0.1, 0.15) is 6.61 Å². The second-order valence-electron chi connectivity index (χ2n) is 8.81. The largest absolute Gasteiger partial charge is 0.457 e. The van der Waals surface area contributed by atoms with E-state index < -0.39 is 6.10 Å². The van der Waals surface area contributed by atoms with E-state index >= 15 is 0 Å². The van der Waals surface area contributed by atoms with E-state index in [4.69, 9.17) is 15.0 Å². The van der Waals surface area contributed by atoms with Crippen LogP contribution in [0.15, 0.2) is 42.6 Å². The summed E-state index contributed by atoms with van der Waals surface area (Å²) in [6.07, 6.45) is 1.97. The van der Waals surface area contributed by atoms with Crippen LogP contribution in [0.5, 0.6) is 0 Å². The number of hydrogen-bond acceptors (Lipinski definition) is 8. The van der Waals surface area contributed by atoms with Crippen molar-refractivity contribution in [1.29, 1.82) is 5.26 Å². The van der Waals surface area contributed by atoms with Gasteiger partial charge in [-0.15, -0.1) is 0 Å². The lowest BCUT2D eigenvalue weighted by Crippen LogP contribution is -2.35. The molecule has 1 N–H and O–H groups in total. The maximum absolute atomic E-state index is 11.7. The van der Waals surface area contributed by atoms with E-state index in [0.29, 0.717) is 30.2 Å². The molecule has 0 spiro atoms. The standard InChI is InChI=1S/C26H25N5O3/c1-16-9-17(11-27)3-6-23(16)30(2)26-28-12-20-13-31(8-7-22(20)29-26)14-24(32)18-4-5-21-19(10-18)15-34-25(21)33/h3-6,9-10,12,24,32H,7-8,13-15H2,1-2H3. The quantitative estimate of drug-likeness (QED) is 0.585.